The van der Waals surface area contributed by atoms with E-state index in [1.165, 1.54) is 38.9 Å². The molecule has 1 fully saturated rings. The molecule has 1 atom stereocenters. The zero-order valence-corrected chi connectivity index (χ0v) is 14.4. The number of benzene rings is 1. The Morgan fingerprint density at radius 1 is 1.40 bits per heavy atom. The van der Waals surface area contributed by atoms with Crippen molar-refractivity contribution in [2.24, 2.45) is 5.92 Å². The lowest BCUT2D eigenvalue weighted by Gasteiger charge is -2.30. The summed E-state index contributed by atoms with van der Waals surface area (Å²) in [5, 5.41) is 0.725. The van der Waals surface area contributed by atoms with E-state index in [0.717, 1.165) is 34.2 Å². The monoisotopic (exact) mass is 359 g/mol. The van der Waals surface area contributed by atoms with Crippen LogP contribution >= 0.6 is 27.5 Å². The standard InChI is InChI=1S/C16H23BrClNO/c1-13-5-4-9-19(12-13)8-2-3-10-20-16-7-6-14(18)11-15(16)17/h6-7,11,13H,2-5,8-10,12H2,1H3. The van der Waals surface area contributed by atoms with Crippen LogP contribution in [0.15, 0.2) is 22.7 Å². The fourth-order valence-electron chi connectivity index (χ4n) is 2.70. The van der Waals surface area contributed by atoms with Gasteiger partial charge in [0.25, 0.3) is 0 Å². The zero-order valence-electron chi connectivity index (χ0n) is 12.1. The molecule has 4 heteroatoms. The van der Waals surface area contributed by atoms with Crippen molar-refractivity contribution in [3.8, 4) is 5.75 Å². The highest BCUT2D eigenvalue weighted by atomic mass is 79.9. The Morgan fingerprint density at radius 3 is 3.00 bits per heavy atom. The van der Waals surface area contributed by atoms with Crippen molar-refractivity contribution in [2.45, 2.75) is 32.6 Å². The Balaban J connectivity index is 1.61. The van der Waals surface area contributed by atoms with Crippen LogP contribution in [0.25, 0.3) is 0 Å². The topological polar surface area (TPSA) is 12.5 Å². The summed E-state index contributed by atoms with van der Waals surface area (Å²) in [6.45, 7) is 6.87. The lowest BCUT2D eigenvalue weighted by molar-refractivity contribution is 0.177. The number of likely N-dealkylation sites (tertiary alicyclic amines) is 1. The third-order valence-corrected chi connectivity index (χ3v) is 4.62. The molecule has 0 radical (unpaired) electrons. The maximum atomic E-state index is 5.91. The largest absolute Gasteiger partial charge is 0.492 e. The maximum absolute atomic E-state index is 5.91. The highest BCUT2D eigenvalue weighted by Gasteiger charge is 2.15. The number of rotatable bonds is 6. The van der Waals surface area contributed by atoms with Crippen molar-refractivity contribution < 1.29 is 4.74 Å². The second kappa shape index (κ2) is 8.26. The molecule has 1 aliphatic rings. The Labute approximate surface area is 135 Å². The average molecular weight is 361 g/mol. The second-order valence-corrected chi connectivity index (χ2v) is 6.97. The van der Waals surface area contributed by atoms with Gasteiger partial charge in [0.2, 0.25) is 0 Å². The maximum Gasteiger partial charge on any atom is 0.133 e. The third-order valence-electron chi connectivity index (χ3n) is 3.76. The first-order chi connectivity index (χ1) is 9.65. The normalized spacial score (nSPS) is 20.1. The van der Waals surface area contributed by atoms with E-state index in [2.05, 4.69) is 27.8 Å². The predicted molar refractivity (Wildman–Crippen MR) is 88.7 cm³/mol. The Morgan fingerprint density at radius 2 is 2.25 bits per heavy atom. The van der Waals surface area contributed by atoms with Gasteiger partial charge in [-0.1, -0.05) is 18.5 Å². The highest BCUT2D eigenvalue weighted by Crippen LogP contribution is 2.28. The number of nitrogens with zero attached hydrogens (tertiary/aromatic N) is 1. The molecule has 1 unspecified atom stereocenters. The molecular weight excluding hydrogens is 338 g/mol. The fraction of sp³-hybridized carbons (Fsp3) is 0.625. The molecule has 1 saturated heterocycles. The van der Waals surface area contributed by atoms with E-state index in [1.54, 1.807) is 0 Å². The molecular formula is C16H23BrClNO. The molecule has 1 heterocycles. The highest BCUT2D eigenvalue weighted by molar-refractivity contribution is 9.10. The quantitative estimate of drug-likeness (QED) is 0.662. The van der Waals surface area contributed by atoms with Gasteiger partial charge in [0, 0.05) is 11.6 Å². The van der Waals surface area contributed by atoms with Gasteiger partial charge in [-0.25, -0.2) is 0 Å². The molecule has 1 aromatic carbocycles. The van der Waals surface area contributed by atoms with Gasteiger partial charge in [0.1, 0.15) is 5.75 Å². The number of halogens is 2. The third kappa shape index (κ3) is 5.27. The summed E-state index contributed by atoms with van der Waals surface area (Å²) in [6.07, 6.45) is 5.05. The molecule has 0 aliphatic carbocycles. The van der Waals surface area contributed by atoms with Gasteiger partial charge in [0.05, 0.1) is 11.1 Å². The van der Waals surface area contributed by atoms with Crippen LogP contribution in [0.1, 0.15) is 32.6 Å². The summed E-state index contributed by atoms with van der Waals surface area (Å²) in [7, 11) is 0. The minimum absolute atomic E-state index is 0.725. The van der Waals surface area contributed by atoms with Crippen LogP contribution in [0, 0.1) is 5.92 Å². The van der Waals surface area contributed by atoms with Gasteiger partial charge in [-0.2, -0.15) is 0 Å². The van der Waals surface area contributed by atoms with E-state index in [9.17, 15) is 0 Å². The summed E-state index contributed by atoms with van der Waals surface area (Å²) in [4.78, 5) is 2.59. The number of hydrogen-bond donors (Lipinski definition) is 0. The first-order valence-corrected chi connectivity index (χ1v) is 8.62. The molecule has 112 valence electrons. The molecule has 0 aromatic heterocycles. The minimum atomic E-state index is 0.725. The minimum Gasteiger partial charge on any atom is -0.492 e. The van der Waals surface area contributed by atoms with Gasteiger partial charge in [0.15, 0.2) is 0 Å². The van der Waals surface area contributed by atoms with E-state index in [1.807, 2.05) is 18.2 Å². The SMILES string of the molecule is CC1CCCN(CCCCOc2ccc(Cl)cc2Br)C1. The molecule has 0 bridgehead atoms. The van der Waals surface area contributed by atoms with Crippen molar-refractivity contribution in [2.75, 3.05) is 26.2 Å². The van der Waals surface area contributed by atoms with Gasteiger partial charge >= 0.3 is 0 Å². The lowest BCUT2D eigenvalue weighted by atomic mass is 10.0. The molecule has 20 heavy (non-hydrogen) atoms. The van der Waals surface area contributed by atoms with Crippen LogP contribution in [-0.2, 0) is 0 Å². The summed E-state index contributed by atoms with van der Waals surface area (Å²) in [5.74, 6) is 1.74. The van der Waals surface area contributed by atoms with Crippen LogP contribution in [0.2, 0.25) is 5.02 Å². The second-order valence-electron chi connectivity index (χ2n) is 5.68. The van der Waals surface area contributed by atoms with E-state index in [4.69, 9.17) is 16.3 Å². The van der Waals surface area contributed by atoms with Gasteiger partial charge < -0.3 is 9.64 Å². The molecule has 0 spiro atoms. The molecule has 2 nitrogen and oxygen atoms in total. The first-order valence-electron chi connectivity index (χ1n) is 7.45. The van der Waals surface area contributed by atoms with Gasteiger partial charge in [-0.15, -0.1) is 0 Å². The number of unbranched alkanes of at least 4 members (excludes halogenated alkanes) is 1. The van der Waals surface area contributed by atoms with Crippen LogP contribution in [0.3, 0.4) is 0 Å². The van der Waals surface area contributed by atoms with Crippen LogP contribution < -0.4 is 4.74 Å². The average Bonchev–Trinajstić information content (AvgIpc) is 2.41. The summed E-state index contributed by atoms with van der Waals surface area (Å²) >= 11 is 9.38. The smallest absolute Gasteiger partial charge is 0.133 e. The van der Waals surface area contributed by atoms with E-state index < -0.39 is 0 Å². The predicted octanol–water partition coefficient (Wildman–Crippen LogP) is 4.99. The lowest BCUT2D eigenvalue weighted by Crippen LogP contribution is -2.35. The van der Waals surface area contributed by atoms with Crippen LogP contribution in [0.5, 0.6) is 5.75 Å². The Hall–Kier alpha value is -0.250. The Kier molecular flexibility index (Phi) is 6.66. The molecule has 1 aromatic rings. The summed E-state index contributed by atoms with van der Waals surface area (Å²) in [6, 6.07) is 5.64. The van der Waals surface area contributed by atoms with Crippen molar-refractivity contribution >= 4 is 27.5 Å². The zero-order chi connectivity index (χ0) is 14.4. The summed E-state index contributed by atoms with van der Waals surface area (Å²) in [5.41, 5.74) is 0. The number of piperidine rings is 1. The van der Waals surface area contributed by atoms with Crippen molar-refractivity contribution in [1.29, 1.82) is 0 Å². The van der Waals surface area contributed by atoms with Crippen LogP contribution in [0.4, 0.5) is 0 Å². The molecule has 0 N–H and O–H groups in total. The number of hydrogen-bond acceptors (Lipinski definition) is 2. The molecule has 2 rings (SSSR count). The first kappa shape index (κ1) is 16.1. The van der Waals surface area contributed by atoms with Crippen molar-refractivity contribution in [3.05, 3.63) is 27.7 Å². The summed E-state index contributed by atoms with van der Waals surface area (Å²) < 4.78 is 6.70. The van der Waals surface area contributed by atoms with Gasteiger partial charge in [-0.3, -0.25) is 0 Å². The molecule has 0 amide bonds. The van der Waals surface area contributed by atoms with Crippen molar-refractivity contribution in [3.63, 3.8) is 0 Å². The Bertz CT molecular complexity index is 427. The van der Waals surface area contributed by atoms with Crippen molar-refractivity contribution in [1.82, 2.24) is 4.90 Å². The number of ether oxygens (including phenoxy) is 1. The molecule has 1 aliphatic heterocycles. The van der Waals surface area contributed by atoms with E-state index >= 15 is 0 Å². The van der Waals surface area contributed by atoms with Gasteiger partial charge in [-0.05, 0) is 78.8 Å². The fourth-order valence-corrected chi connectivity index (χ4v) is 3.50. The van der Waals surface area contributed by atoms with E-state index in [0.29, 0.717) is 0 Å². The van der Waals surface area contributed by atoms with E-state index in [-0.39, 0.29) is 0 Å². The van der Waals surface area contributed by atoms with Crippen LogP contribution in [-0.4, -0.2) is 31.1 Å². The molecule has 0 saturated carbocycles.